The second kappa shape index (κ2) is 10.0. The largest absolute Gasteiger partial charge is 0.506 e. The van der Waals surface area contributed by atoms with Crippen molar-refractivity contribution >= 4 is 34.5 Å². The van der Waals surface area contributed by atoms with Gasteiger partial charge in [-0.15, -0.1) is 0 Å². The van der Waals surface area contributed by atoms with Gasteiger partial charge < -0.3 is 14.6 Å². The number of ether oxygens (including phenoxy) is 2. The molecule has 3 aromatic rings. The van der Waals surface area contributed by atoms with E-state index in [1.165, 1.54) is 18.9 Å². The number of esters is 1. The molecule has 0 spiro atoms. The third-order valence-corrected chi connectivity index (χ3v) is 5.71. The van der Waals surface area contributed by atoms with Gasteiger partial charge in [0, 0.05) is 0 Å². The molecule has 1 N–H and O–H groups in total. The molecule has 0 saturated carbocycles. The first-order valence-electron chi connectivity index (χ1n) is 9.96. The summed E-state index contributed by atoms with van der Waals surface area (Å²) in [6.07, 6.45) is 1.80. The molecule has 32 heavy (non-hydrogen) atoms. The number of benzene rings is 3. The van der Waals surface area contributed by atoms with Gasteiger partial charge in [0.2, 0.25) is 0 Å². The van der Waals surface area contributed by atoms with E-state index in [9.17, 15) is 9.90 Å². The maximum atomic E-state index is 12.3. The lowest BCUT2D eigenvalue weighted by atomic mass is 10.1. The number of nitrogens with zero attached hydrogens (tertiary/aromatic N) is 1. The van der Waals surface area contributed by atoms with Crippen molar-refractivity contribution in [2.75, 3.05) is 7.11 Å². The zero-order valence-electron chi connectivity index (χ0n) is 17.4. The summed E-state index contributed by atoms with van der Waals surface area (Å²) in [5, 5.41) is 11.1. The predicted octanol–water partition coefficient (Wildman–Crippen LogP) is 6.07. The Hall–Kier alpha value is -3.77. The zero-order chi connectivity index (χ0) is 22.3. The van der Waals surface area contributed by atoms with Crippen LogP contribution in [0.15, 0.2) is 106 Å². The van der Waals surface area contributed by atoms with Gasteiger partial charge >= 0.3 is 5.97 Å². The van der Waals surface area contributed by atoms with Gasteiger partial charge in [-0.25, -0.2) is 9.79 Å². The van der Waals surface area contributed by atoms with Gasteiger partial charge in [-0.05, 0) is 41.5 Å². The number of hydrogen-bond donors (Lipinski definition) is 1. The van der Waals surface area contributed by atoms with E-state index in [2.05, 4.69) is 4.99 Å². The number of aliphatic imine (C=N–C) groups is 1. The van der Waals surface area contributed by atoms with Crippen molar-refractivity contribution in [3.63, 3.8) is 0 Å². The van der Waals surface area contributed by atoms with Crippen LogP contribution in [0.5, 0.6) is 5.75 Å². The van der Waals surface area contributed by atoms with E-state index in [-0.39, 0.29) is 11.3 Å². The molecule has 0 aromatic heterocycles. The number of hydrogen-bond acceptors (Lipinski definition) is 6. The highest BCUT2D eigenvalue weighted by molar-refractivity contribution is 8.18. The summed E-state index contributed by atoms with van der Waals surface area (Å²) in [6.45, 7) is 0.489. The van der Waals surface area contributed by atoms with Crippen LogP contribution in [-0.4, -0.2) is 23.2 Å². The fourth-order valence-electron chi connectivity index (χ4n) is 3.06. The molecule has 0 aliphatic carbocycles. The lowest BCUT2D eigenvalue weighted by Gasteiger charge is -2.06. The Morgan fingerprint density at radius 3 is 2.28 bits per heavy atom. The molecule has 3 aromatic carbocycles. The van der Waals surface area contributed by atoms with Crippen molar-refractivity contribution < 1.29 is 19.4 Å². The van der Waals surface area contributed by atoms with E-state index in [4.69, 9.17) is 9.47 Å². The van der Waals surface area contributed by atoms with E-state index in [0.29, 0.717) is 22.2 Å². The fourth-order valence-corrected chi connectivity index (χ4v) is 4.10. The van der Waals surface area contributed by atoms with Gasteiger partial charge in [-0.3, -0.25) is 0 Å². The molecule has 1 heterocycles. The van der Waals surface area contributed by atoms with E-state index in [1.54, 1.807) is 6.08 Å². The number of aliphatic hydroxyl groups excluding tert-OH is 1. The quantitative estimate of drug-likeness (QED) is 0.469. The molecule has 1 aliphatic heterocycles. The Bertz CT molecular complexity index is 1180. The first kappa shape index (κ1) is 21.5. The minimum Gasteiger partial charge on any atom is -0.506 e. The molecule has 5 nitrogen and oxygen atoms in total. The molecule has 160 valence electrons. The molecular weight excluding hydrogens is 422 g/mol. The highest BCUT2D eigenvalue weighted by Crippen LogP contribution is 2.40. The monoisotopic (exact) mass is 443 g/mol. The lowest BCUT2D eigenvalue weighted by Crippen LogP contribution is -2.10. The van der Waals surface area contributed by atoms with E-state index < -0.39 is 5.97 Å². The Labute approximate surface area is 190 Å². The summed E-state index contributed by atoms with van der Waals surface area (Å²) in [4.78, 5) is 17.3. The topological polar surface area (TPSA) is 68.1 Å². The van der Waals surface area contributed by atoms with Gasteiger partial charge in [0.1, 0.15) is 28.7 Å². The van der Waals surface area contributed by atoms with Crippen LogP contribution in [0.2, 0.25) is 0 Å². The maximum Gasteiger partial charge on any atom is 0.344 e. The highest BCUT2D eigenvalue weighted by Gasteiger charge is 2.32. The predicted molar refractivity (Wildman–Crippen MR) is 128 cm³/mol. The van der Waals surface area contributed by atoms with Crippen molar-refractivity contribution in [2.24, 2.45) is 4.99 Å². The van der Waals surface area contributed by atoms with Crippen LogP contribution < -0.4 is 4.74 Å². The average molecular weight is 444 g/mol. The first-order valence-corrected chi connectivity index (χ1v) is 10.8. The van der Waals surface area contributed by atoms with Crippen LogP contribution >= 0.6 is 11.8 Å². The van der Waals surface area contributed by atoms with Crippen LogP contribution in [0.4, 0.5) is 5.69 Å². The molecule has 0 bridgehead atoms. The van der Waals surface area contributed by atoms with Crippen LogP contribution in [0.25, 0.3) is 6.08 Å². The maximum absolute atomic E-state index is 12.3. The molecule has 0 saturated heterocycles. The molecule has 0 amide bonds. The number of methoxy groups -OCH3 is 1. The van der Waals surface area contributed by atoms with Gasteiger partial charge in [-0.1, -0.05) is 72.4 Å². The number of para-hydroxylation sites is 1. The van der Waals surface area contributed by atoms with Gasteiger partial charge in [0.15, 0.2) is 0 Å². The first-order chi connectivity index (χ1) is 15.6. The van der Waals surface area contributed by atoms with E-state index >= 15 is 0 Å². The zero-order valence-corrected chi connectivity index (χ0v) is 18.2. The molecule has 0 radical (unpaired) electrons. The standard InChI is InChI=1S/C26H21NO4S/c1-30-26(29)23-24(28)22(32-25(23)27-20-10-6-3-7-11-20)16-18-12-14-21(15-13-18)31-17-19-8-4-2-5-9-19/h2-16,28H,17H2,1H3/b22-16+,27-25?. The average Bonchev–Trinajstić information content (AvgIpc) is 3.13. The van der Waals surface area contributed by atoms with Crippen molar-refractivity contribution in [2.45, 2.75) is 6.61 Å². The Morgan fingerprint density at radius 2 is 1.62 bits per heavy atom. The third-order valence-electron chi connectivity index (χ3n) is 4.69. The number of carbonyl (C=O) groups is 1. The van der Waals surface area contributed by atoms with Gasteiger partial charge in [0.05, 0.1) is 17.7 Å². The summed E-state index contributed by atoms with van der Waals surface area (Å²) in [5.41, 5.74) is 2.70. The normalized spacial score (nSPS) is 15.9. The number of carbonyl (C=O) groups excluding carboxylic acids is 1. The molecule has 0 unspecified atom stereocenters. The van der Waals surface area contributed by atoms with Crippen LogP contribution in [0.3, 0.4) is 0 Å². The second-order valence-electron chi connectivity index (χ2n) is 6.92. The fraction of sp³-hybridized carbons (Fsp3) is 0.0769. The number of aliphatic hydroxyl groups is 1. The lowest BCUT2D eigenvalue weighted by molar-refractivity contribution is -0.135. The molecule has 0 atom stereocenters. The molecule has 0 fully saturated rings. The Balaban J connectivity index is 1.54. The van der Waals surface area contributed by atoms with Crippen LogP contribution in [0.1, 0.15) is 11.1 Å². The molecule has 4 rings (SSSR count). The Kier molecular flexibility index (Phi) is 6.72. The smallest absolute Gasteiger partial charge is 0.344 e. The minimum atomic E-state index is -0.627. The highest BCUT2D eigenvalue weighted by atomic mass is 32.2. The SMILES string of the molecule is COC(=O)C1=C(O)/C(=C\c2ccc(OCc3ccccc3)cc2)SC1=Nc1ccccc1. The summed E-state index contributed by atoms with van der Waals surface area (Å²) in [5.74, 6) is -0.0184. The summed E-state index contributed by atoms with van der Waals surface area (Å²) < 4.78 is 10.7. The van der Waals surface area contributed by atoms with E-state index in [1.807, 2.05) is 84.9 Å². The van der Waals surface area contributed by atoms with Gasteiger partial charge in [0.25, 0.3) is 0 Å². The van der Waals surface area contributed by atoms with Crippen molar-refractivity contribution in [1.29, 1.82) is 0 Å². The van der Waals surface area contributed by atoms with Gasteiger partial charge in [-0.2, -0.15) is 0 Å². The summed E-state index contributed by atoms with van der Waals surface area (Å²) in [7, 11) is 1.28. The number of thioether (sulfide) groups is 1. The van der Waals surface area contributed by atoms with Crippen molar-refractivity contribution in [1.82, 2.24) is 0 Å². The van der Waals surface area contributed by atoms with Crippen molar-refractivity contribution in [3.05, 3.63) is 112 Å². The molecule has 6 heteroatoms. The van der Waals surface area contributed by atoms with Crippen molar-refractivity contribution in [3.8, 4) is 5.75 Å². The molecule has 1 aliphatic rings. The molecular formula is C26H21NO4S. The van der Waals surface area contributed by atoms with Crippen LogP contribution in [-0.2, 0) is 16.1 Å². The minimum absolute atomic E-state index is 0.0652. The van der Waals surface area contributed by atoms with Crippen LogP contribution in [0, 0.1) is 0 Å². The number of rotatable bonds is 6. The second-order valence-corrected chi connectivity index (χ2v) is 7.95. The summed E-state index contributed by atoms with van der Waals surface area (Å²) >= 11 is 1.23. The summed E-state index contributed by atoms with van der Waals surface area (Å²) in [6, 6.07) is 26.7. The third kappa shape index (κ3) is 5.10. The Morgan fingerprint density at radius 1 is 0.969 bits per heavy atom. The van der Waals surface area contributed by atoms with E-state index in [0.717, 1.165) is 16.9 Å².